The molecular formula is C18H17ClN2. The summed E-state index contributed by atoms with van der Waals surface area (Å²) in [4.78, 5) is 4.46. The predicted molar refractivity (Wildman–Crippen MR) is 88.5 cm³/mol. The van der Waals surface area contributed by atoms with Crippen molar-refractivity contribution in [3.05, 3.63) is 76.4 Å². The van der Waals surface area contributed by atoms with Gasteiger partial charge in [0.1, 0.15) is 0 Å². The maximum atomic E-state index is 6.22. The number of rotatable bonds is 4. The lowest BCUT2D eigenvalue weighted by atomic mass is 10.1. The second-order valence-electron chi connectivity index (χ2n) is 5.20. The average Bonchev–Trinajstić information content (AvgIpc) is 2.50. The molecule has 2 nitrogen and oxygen atoms in total. The van der Waals surface area contributed by atoms with Gasteiger partial charge >= 0.3 is 0 Å². The van der Waals surface area contributed by atoms with Gasteiger partial charge in [0.15, 0.2) is 0 Å². The van der Waals surface area contributed by atoms with Crippen molar-refractivity contribution in [3.63, 3.8) is 0 Å². The fourth-order valence-electron chi connectivity index (χ4n) is 2.50. The molecule has 0 amide bonds. The molecule has 1 aromatic heterocycles. The molecule has 0 spiro atoms. The van der Waals surface area contributed by atoms with Gasteiger partial charge in [-0.05, 0) is 36.2 Å². The minimum Gasteiger partial charge on any atom is -0.309 e. The number of benzene rings is 2. The molecule has 3 rings (SSSR count). The van der Waals surface area contributed by atoms with Crippen LogP contribution >= 0.6 is 11.6 Å². The molecule has 2 aromatic carbocycles. The lowest BCUT2D eigenvalue weighted by Crippen LogP contribution is -2.13. The summed E-state index contributed by atoms with van der Waals surface area (Å²) >= 11 is 6.22. The number of halogens is 1. The molecule has 0 saturated carbocycles. The largest absolute Gasteiger partial charge is 0.309 e. The lowest BCUT2D eigenvalue weighted by Gasteiger charge is -2.09. The molecule has 0 unspecified atom stereocenters. The van der Waals surface area contributed by atoms with Crippen molar-refractivity contribution in [3.8, 4) is 0 Å². The summed E-state index contributed by atoms with van der Waals surface area (Å²) in [6.45, 7) is 3.73. The van der Waals surface area contributed by atoms with Gasteiger partial charge in [-0.3, -0.25) is 4.98 Å². The zero-order valence-electron chi connectivity index (χ0n) is 11.9. The summed E-state index contributed by atoms with van der Waals surface area (Å²) in [7, 11) is 0. The standard InChI is InChI=1S/C18H17ClN2/c1-13-4-2-5-14(10-13)11-20-12-15-7-8-17(19)16-6-3-9-21-18(15)16/h2-10,20H,11-12H2,1H3. The van der Waals surface area contributed by atoms with E-state index < -0.39 is 0 Å². The number of aromatic nitrogens is 1. The average molecular weight is 297 g/mol. The molecule has 1 heterocycles. The third-order valence-electron chi connectivity index (χ3n) is 3.53. The Kier molecular flexibility index (Phi) is 4.18. The van der Waals surface area contributed by atoms with Crippen LogP contribution in [0.15, 0.2) is 54.7 Å². The first-order valence-electron chi connectivity index (χ1n) is 7.02. The van der Waals surface area contributed by atoms with Gasteiger partial charge in [0.2, 0.25) is 0 Å². The van der Waals surface area contributed by atoms with Gasteiger partial charge in [0, 0.05) is 29.7 Å². The van der Waals surface area contributed by atoms with Gasteiger partial charge in [0.25, 0.3) is 0 Å². The number of nitrogens with one attached hydrogen (secondary N) is 1. The van der Waals surface area contributed by atoms with Crippen LogP contribution in [-0.2, 0) is 13.1 Å². The molecule has 3 heteroatoms. The zero-order chi connectivity index (χ0) is 14.7. The third kappa shape index (κ3) is 3.23. The van der Waals surface area contributed by atoms with E-state index in [1.165, 1.54) is 16.7 Å². The number of aryl methyl sites for hydroxylation is 1. The number of hydrogen-bond donors (Lipinski definition) is 1. The zero-order valence-corrected chi connectivity index (χ0v) is 12.7. The highest BCUT2D eigenvalue weighted by Crippen LogP contribution is 2.24. The van der Waals surface area contributed by atoms with E-state index in [2.05, 4.69) is 41.5 Å². The van der Waals surface area contributed by atoms with Gasteiger partial charge in [-0.25, -0.2) is 0 Å². The van der Waals surface area contributed by atoms with Gasteiger partial charge in [-0.1, -0.05) is 47.5 Å². The molecular weight excluding hydrogens is 280 g/mol. The first-order valence-corrected chi connectivity index (χ1v) is 7.40. The molecule has 0 aliphatic carbocycles. The normalized spacial score (nSPS) is 11.0. The first kappa shape index (κ1) is 14.1. The molecule has 0 aliphatic heterocycles. The maximum Gasteiger partial charge on any atom is 0.0761 e. The molecule has 0 fully saturated rings. The minimum atomic E-state index is 0.750. The summed E-state index contributed by atoms with van der Waals surface area (Å²) in [6, 6.07) is 16.4. The lowest BCUT2D eigenvalue weighted by molar-refractivity contribution is 0.695. The second kappa shape index (κ2) is 6.25. The Labute approximate surface area is 129 Å². The van der Waals surface area contributed by atoms with Crippen molar-refractivity contribution < 1.29 is 0 Å². The number of hydrogen-bond acceptors (Lipinski definition) is 2. The van der Waals surface area contributed by atoms with Crippen LogP contribution in [-0.4, -0.2) is 4.98 Å². The van der Waals surface area contributed by atoms with Crippen LogP contribution in [0, 0.1) is 6.92 Å². The van der Waals surface area contributed by atoms with Gasteiger partial charge in [0.05, 0.1) is 5.52 Å². The molecule has 0 atom stereocenters. The Morgan fingerprint density at radius 1 is 1.05 bits per heavy atom. The monoisotopic (exact) mass is 296 g/mol. The smallest absolute Gasteiger partial charge is 0.0761 e. The first-order chi connectivity index (χ1) is 10.2. The van der Waals surface area contributed by atoms with Gasteiger partial charge < -0.3 is 5.32 Å². The van der Waals surface area contributed by atoms with Gasteiger partial charge in [-0.15, -0.1) is 0 Å². The third-order valence-corrected chi connectivity index (χ3v) is 3.86. The molecule has 0 radical (unpaired) electrons. The summed E-state index contributed by atoms with van der Waals surface area (Å²) in [5, 5.41) is 5.23. The van der Waals surface area contributed by atoms with Crippen LogP contribution in [0.5, 0.6) is 0 Å². The summed E-state index contributed by atoms with van der Waals surface area (Å²) < 4.78 is 0. The van der Waals surface area contributed by atoms with Crippen molar-refractivity contribution in [1.29, 1.82) is 0 Å². The second-order valence-corrected chi connectivity index (χ2v) is 5.61. The topological polar surface area (TPSA) is 24.9 Å². The Morgan fingerprint density at radius 2 is 1.95 bits per heavy atom. The van der Waals surface area contributed by atoms with Crippen LogP contribution in [0.2, 0.25) is 5.02 Å². The van der Waals surface area contributed by atoms with Crippen LogP contribution in [0.3, 0.4) is 0 Å². The Balaban J connectivity index is 1.75. The van der Waals surface area contributed by atoms with E-state index in [1.54, 1.807) is 0 Å². The molecule has 0 saturated heterocycles. The molecule has 21 heavy (non-hydrogen) atoms. The van der Waals surface area contributed by atoms with Crippen LogP contribution in [0.25, 0.3) is 10.9 Å². The van der Waals surface area contributed by atoms with E-state index in [-0.39, 0.29) is 0 Å². The van der Waals surface area contributed by atoms with E-state index in [0.717, 1.165) is 29.0 Å². The van der Waals surface area contributed by atoms with Crippen molar-refractivity contribution >= 4 is 22.5 Å². The Hall–Kier alpha value is -1.90. The fraction of sp³-hybridized carbons (Fsp3) is 0.167. The SMILES string of the molecule is Cc1cccc(CNCc2ccc(Cl)c3cccnc23)c1. The van der Waals surface area contributed by atoms with E-state index >= 15 is 0 Å². The van der Waals surface area contributed by atoms with E-state index in [9.17, 15) is 0 Å². The molecule has 1 N–H and O–H groups in total. The van der Waals surface area contributed by atoms with Crippen molar-refractivity contribution in [1.82, 2.24) is 10.3 Å². The number of fused-ring (bicyclic) bond motifs is 1. The number of nitrogens with zero attached hydrogens (tertiary/aromatic N) is 1. The predicted octanol–water partition coefficient (Wildman–Crippen LogP) is 4.49. The molecule has 0 aliphatic rings. The minimum absolute atomic E-state index is 0.750. The highest BCUT2D eigenvalue weighted by molar-refractivity contribution is 6.35. The van der Waals surface area contributed by atoms with E-state index in [0.29, 0.717) is 0 Å². The highest BCUT2D eigenvalue weighted by atomic mass is 35.5. The number of pyridine rings is 1. The molecule has 106 valence electrons. The fourth-order valence-corrected chi connectivity index (χ4v) is 2.72. The maximum absolute atomic E-state index is 6.22. The summed E-state index contributed by atoms with van der Waals surface area (Å²) in [5.74, 6) is 0. The highest BCUT2D eigenvalue weighted by Gasteiger charge is 2.05. The van der Waals surface area contributed by atoms with Crippen molar-refractivity contribution in [2.75, 3.05) is 0 Å². The summed E-state index contributed by atoms with van der Waals surface area (Å²) in [6.07, 6.45) is 1.81. The Morgan fingerprint density at radius 3 is 2.81 bits per heavy atom. The van der Waals surface area contributed by atoms with Gasteiger partial charge in [-0.2, -0.15) is 0 Å². The van der Waals surface area contributed by atoms with E-state index in [4.69, 9.17) is 11.6 Å². The van der Waals surface area contributed by atoms with Crippen LogP contribution < -0.4 is 5.32 Å². The van der Waals surface area contributed by atoms with Crippen LogP contribution in [0.1, 0.15) is 16.7 Å². The summed E-state index contributed by atoms with van der Waals surface area (Å²) in [5.41, 5.74) is 4.72. The Bertz CT molecular complexity index is 768. The quantitative estimate of drug-likeness (QED) is 0.767. The van der Waals surface area contributed by atoms with Crippen molar-refractivity contribution in [2.24, 2.45) is 0 Å². The van der Waals surface area contributed by atoms with Crippen LogP contribution in [0.4, 0.5) is 0 Å². The molecule has 3 aromatic rings. The molecule has 0 bridgehead atoms. The van der Waals surface area contributed by atoms with Crippen molar-refractivity contribution in [2.45, 2.75) is 20.0 Å². The van der Waals surface area contributed by atoms with E-state index in [1.807, 2.05) is 30.5 Å².